The molecule has 2 N–H and O–H groups in total. The zero-order chi connectivity index (χ0) is 10.1. The van der Waals surface area contributed by atoms with Crippen molar-refractivity contribution in [3.05, 3.63) is 28.5 Å². The van der Waals surface area contributed by atoms with Crippen molar-refractivity contribution in [2.45, 2.75) is 5.88 Å². The van der Waals surface area contributed by atoms with Crippen LogP contribution in [0.1, 0.15) is 5.82 Å². The molecular formula is C9H7BrClN3. The summed E-state index contributed by atoms with van der Waals surface area (Å²) in [5.74, 6) is 1.29. The summed E-state index contributed by atoms with van der Waals surface area (Å²) < 4.78 is 0.957. The highest BCUT2D eigenvalue weighted by Gasteiger charge is 2.04. The molecule has 0 aliphatic rings. The maximum absolute atomic E-state index is 5.77. The lowest BCUT2D eigenvalue weighted by atomic mass is 10.2. The van der Waals surface area contributed by atoms with Crippen molar-refractivity contribution in [1.29, 1.82) is 0 Å². The number of halogens is 2. The molecule has 0 fully saturated rings. The third-order valence-corrected chi connectivity index (χ3v) is 2.59. The zero-order valence-corrected chi connectivity index (χ0v) is 9.51. The minimum Gasteiger partial charge on any atom is -0.383 e. The number of anilines is 1. The first kappa shape index (κ1) is 9.68. The molecular weight excluding hydrogens is 265 g/mol. The van der Waals surface area contributed by atoms with Gasteiger partial charge in [0.2, 0.25) is 0 Å². The summed E-state index contributed by atoms with van der Waals surface area (Å²) in [5, 5.41) is 0.841. The average Bonchev–Trinajstić information content (AvgIpc) is 2.19. The summed E-state index contributed by atoms with van der Waals surface area (Å²) in [7, 11) is 0. The van der Waals surface area contributed by atoms with Crippen LogP contribution in [-0.4, -0.2) is 9.97 Å². The Morgan fingerprint density at radius 1 is 1.36 bits per heavy atom. The average molecular weight is 273 g/mol. The number of nitrogens with two attached hydrogens (primary N) is 1. The van der Waals surface area contributed by atoms with E-state index in [1.807, 2.05) is 18.2 Å². The van der Waals surface area contributed by atoms with Crippen molar-refractivity contribution >= 4 is 44.3 Å². The summed E-state index contributed by atoms with van der Waals surface area (Å²) in [6.07, 6.45) is 0. The molecule has 0 unspecified atom stereocenters. The number of hydrogen-bond donors (Lipinski definition) is 1. The van der Waals surface area contributed by atoms with Gasteiger partial charge in [-0.25, -0.2) is 9.97 Å². The highest BCUT2D eigenvalue weighted by molar-refractivity contribution is 9.10. The van der Waals surface area contributed by atoms with Crippen LogP contribution in [0.4, 0.5) is 5.82 Å². The van der Waals surface area contributed by atoms with Gasteiger partial charge in [-0.15, -0.1) is 11.6 Å². The monoisotopic (exact) mass is 271 g/mol. The lowest BCUT2D eigenvalue weighted by Crippen LogP contribution is -1.99. The topological polar surface area (TPSA) is 51.8 Å². The Hall–Kier alpha value is -0.870. The van der Waals surface area contributed by atoms with E-state index in [4.69, 9.17) is 17.3 Å². The minimum atomic E-state index is 0.274. The largest absolute Gasteiger partial charge is 0.383 e. The molecule has 14 heavy (non-hydrogen) atoms. The molecule has 0 spiro atoms. The molecule has 2 aromatic rings. The number of hydrogen-bond acceptors (Lipinski definition) is 3. The van der Waals surface area contributed by atoms with Gasteiger partial charge in [0.15, 0.2) is 0 Å². The first-order chi connectivity index (χ1) is 6.70. The van der Waals surface area contributed by atoms with Crippen molar-refractivity contribution in [3.63, 3.8) is 0 Å². The van der Waals surface area contributed by atoms with Crippen LogP contribution in [0.2, 0.25) is 0 Å². The standard InChI is InChI=1S/C9H7BrClN3/c10-5-1-2-7-6(3-5)9(12)14-8(4-11)13-7/h1-3H,4H2,(H2,12,13,14). The predicted molar refractivity (Wildman–Crippen MR) is 61.2 cm³/mol. The third-order valence-electron chi connectivity index (χ3n) is 1.85. The fourth-order valence-corrected chi connectivity index (χ4v) is 1.71. The first-order valence-electron chi connectivity index (χ1n) is 3.98. The van der Waals surface area contributed by atoms with E-state index in [-0.39, 0.29) is 5.88 Å². The van der Waals surface area contributed by atoms with Gasteiger partial charge in [0.25, 0.3) is 0 Å². The van der Waals surface area contributed by atoms with Gasteiger partial charge in [0, 0.05) is 9.86 Å². The molecule has 5 heteroatoms. The fraction of sp³-hybridized carbons (Fsp3) is 0.111. The quantitative estimate of drug-likeness (QED) is 0.812. The molecule has 0 saturated carbocycles. The summed E-state index contributed by atoms with van der Waals surface area (Å²) in [6.45, 7) is 0. The normalized spacial score (nSPS) is 10.7. The third kappa shape index (κ3) is 1.67. The molecule has 0 aliphatic carbocycles. The van der Waals surface area contributed by atoms with E-state index in [2.05, 4.69) is 25.9 Å². The van der Waals surface area contributed by atoms with Crippen molar-refractivity contribution in [3.8, 4) is 0 Å². The second kappa shape index (κ2) is 3.71. The Kier molecular flexibility index (Phi) is 2.56. The van der Waals surface area contributed by atoms with Crippen LogP contribution in [0, 0.1) is 0 Å². The predicted octanol–water partition coefficient (Wildman–Crippen LogP) is 2.71. The lowest BCUT2D eigenvalue weighted by Gasteiger charge is -2.03. The maximum atomic E-state index is 5.77. The molecule has 0 radical (unpaired) electrons. The molecule has 0 bridgehead atoms. The van der Waals surface area contributed by atoms with E-state index in [1.165, 1.54) is 0 Å². The van der Waals surface area contributed by atoms with Crippen LogP contribution in [-0.2, 0) is 5.88 Å². The van der Waals surface area contributed by atoms with Crippen LogP contribution in [0.5, 0.6) is 0 Å². The van der Waals surface area contributed by atoms with Crippen LogP contribution >= 0.6 is 27.5 Å². The number of alkyl halides is 1. The molecule has 2 rings (SSSR count). The van der Waals surface area contributed by atoms with Gasteiger partial charge in [-0.1, -0.05) is 15.9 Å². The van der Waals surface area contributed by atoms with Crippen molar-refractivity contribution in [2.24, 2.45) is 0 Å². The van der Waals surface area contributed by atoms with Crippen molar-refractivity contribution in [1.82, 2.24) is 9.97 Å². The van der Waals surface area contributed by atoms with E-state index in [0.29, 0.717) is 11.6 Å². The number of nitrogens with zero attached hydrogens (tertiary/aromatic N) is 2. The molecule has 3 nitrogen and oxygen atoms in total. The second-order valence-electron chi connectivity index (χ2n) is 2.82. The van der Waals surface area contributed by atoms with E-state index in [9.17, 15) is 0 Å². The summed E-state index contributed by atoms with van der Waals surface area (Å²) in [5.41, 5.74) is 6.59. The summed E-state index contributed by atoms with van der Waals surface area (Å²) in [4.78, 5) is 8.33. The van der Waals surface area contributed by atoms with Gasteiger partial charge in [-0.3, -0.25) is 0 Å². The molecule has 72 valence electrons. The molecule has 0 atom stereocenters. The Morgan fingerprint density at radius 3 is 2.86 bits per heavy atom. The summed E-state index contributed by atoms with van der Waals surface area (Å²) in [6, 6.07) is 5.68. The Labute approximate surface area is 94.4 Å². The first-order valence-corrected chi connectivity index (χ1v) is 5.31. The molecule has 0 amide bonds. The minimum absolute atomic E-state index is 0.274. The molecule has 1 aromatic heterocycles. The van der Waals surface area contributed by atoms with E-state index in [0.717, 1.165) is 15.4 Å². The highest BCUT2D eigenvalue weighted by atomic mass is 79.9. The number of fused-ring (bicyclic) bond motifs is 1. The van der Waals surface area contributed by atoms with E-state index >= 15 is 0 Å². The SMILES string of the molecule is Nc1nc(CCl)nc2ccc(Br)cc12. The van der Waals surface area contributed by atoms with Gasteiger partial charge < -0.3 is 5.73 Å². The number of benzene rings is 1. The Morgan fingerprint density at radius 2 is 2.14 bits per heavy atom. The molecule has 0 aliphatic heterocycles. The second-order valence-corrected chi connectivity index (χ2v) is 4.00. The van der Waals surface area contributed by atoms with Gasteiger partial charge in [0.1, 0.15) is 11.6 Å². The zero-order valence-electron chi connectivity index (χ0n) is 7.17. The Balaban J connectivity index is 2.76. The molecule has 1 heterocycles. The highest BCUT2D eigenvalue weighted by Crippen LogP contribution is 2.22. The van der Waals surface area contributed by atoms with Crippen molar-refractivity contribution < 1.29 is 0 Å². The fourth-order valence-electron chi connectivity index (χ4n) is 1.23. The molecule has 1 aromatic carbocycles. The summed E-state index contributed by atoms with van der Waals surface area (Å²) >= 11 is 9.01. The van der Waals surface area contributed by atoms with Crippen LogP contribution in [0.3, 0.4) is 0 Å². The van der Waals surface area contributed by atoms with Gasteiger partial charge in [0.05, 0.1) is 11.4 Å². The number of nitrogen functional groups attached to an aromatic ring is 1. The van der Waals surface area contributed by atoms with Crippen LogP contribution in [0.15, 0.2) is 22.7 Å². The maximum Gasteiger partial charge on any atom is 0.146 e. The van der Waals surface area contributed by atoms with Gasteiger partial charge >= 0.3 is 0 Å². The lowest BCUT2D eigenvalue weighted by molar-refractivity contribution is 1.07. The van der Waals surface area contributed by atoms with Gasteiger partial charge in [-0.05, 0) is 18.2 Å². The van der Waals surface area contributed by atoms with Gasteiger partial charge in [-0.2, -0.15) is 0 Å². The van der Waals surface area contributed by atoms with Crippen molar-refractivity contribution in [2.75, 3.05) is 5.73 Å². The smallest absolute Gasteiger partial charge is 0.146 e. The Bertz CT molecular complexity index is 487. The number of aromatic nitrogens is 2. The van der Waals surface area contributed by atoms with E-state index in [1.54, 1.807) is 0 Å². The van der Waals surface area contributed by atoms with Crippen LogP contribution < -0.4 is 5.73 Å². The molecule has 0 saturated heterocycles. The van der Waals surface area contributed by atoms with E-state index < -0.39 is 0 Å². The van der Waals surface area contributed by atoms with Crippen LogP contribution in [0.25, 0.3) is 10.9 Å². The number of rotatable bonds is 1.